The highest BCUT2D eigenvalue weighted by molar-refractivity contribution is 6.30. The minimum Gasteiger partial charge on any atom is -0.232 e. The molecule has 17 heavy (non-hydrogen) atoms. The molecule has 0 aliphatic heterocycles. The van der Waals surface area contributed by atoms with E-state index in [4.69, 9.17) is 28.5 Å². The van der Waals surface area contributed by atoms with Crippen LogP contribution >= 0.6 is 23.2 Å². The van der Waals surface area contributed by atoms with Crippen LogP contribution in [-0.4, -0.2) is 20.0 Å². The topological polar surface area (TPSA) is 54.0 Å². The van der Waals surface area contributed by atoms with Crippen LogP contribution < -0.4 is 0 Å². The quantitative estimate of drug-likeness (QED) is 0.622. The fourth-order valence-electron chi connectivity index (χ4n) is 1.69. The van der Waals surface area contributed by atoms with Gasteiger partial charge in [-0.2, -0.15) is 10.4 Å². The van der Waals surface area contributed by atoms with E-state index < -0.39 is 0 Å². The Kier molecular flexibility index (Phi) is 3.23. The lowest BCUT2D eigenvalue weighted by atomic mass is 10.1. The molecule has 0 radical (unpaired) electrons. The molecule has 1 unspecified atom stereocenters. The lowest BCUT2D eigenvalue weighted by Crippen LogP contribution is -2.07. The van der Waals surface area contributed by atoms with Crippen molar-refractivity contribution in [2.24, 2.45) is 0 Å². The molecule has 2 heterocycles. The molecule has 0 saturated carbocycles. The van der Waals surface area contributed by atoms with Crippen molar-refractivity contribution in [3.05, 3.63) is 28.2 Å². The van der Waals surface area contributed by atoms with Gasteiger partial charge in [0.05, 0.1) is 6.20 Å². The Balaban J connectivity index is 2.69. The first-order chi connectivity index (χ1) is 8.04. The number of aromatic nitrogens is 3. The number of hydrogen-bond donors (Lipinski definition) is 0. The number of alkyl halides is 1. The van der Waals surface area contributed by atoms with Gasteiger partial charge in [0.25, 0.3) is 0 Å². The van der Waals surface area contributed by atoms with Gasteiger partial charge in [-0.3, -0.25) is 0 Å². The van der Waals surface area contributed by atoms with Crippen molar-refractivity contribution in [2.75, 3.05) is 0 Å². The molecule has 0 aliphatic rings. The molecule has 88 valence electrons. The fourth-order valence-corrected chi connectivity index (χ4v) is 2.18. The van der Waals surface area contributed by atoms with Gasteiger partial charge in [0.2, 0.25) is 0 Å². The highest BCUT2D eigenvalue weighted by Crippen LogP contribution is 2.23. The normalized spacial score (nSPS) is 12.6. The smallest absolute Gasteiger partial charge is 0.174 e. The predicted octanol–water partition coefficient (Wildman–Crippen LogP) is 2.73. The highest BCUT2D eigenvalue weighted by Gasteiger charge is 2.16. The molecule has 0 saturated heterocycles. The van der Waals surface area contributed by atoms with Gasteiger partial charge in [0.1, 0.15) is 16.8 Å². The number of halogens is 2. The maximum Gasteiger partial charge on any atom is 0.174 e. The van der Waals surface area contributed by atoms with E-state index in [2.05, 4.69) is 10.1 Å². The van der Waals surface area contributed by atoms with E-state index in [0.29, 0.717) is 22.8 Å². The molecular weight excluding hydrogens is 259 g/mol. The average molecular weight is 269 g/mol. The lowest BCUT2D eigenvalue weighted by molar-refractivity contribution is 0.854. The predicted molar refractivity (Wildman–Crippen MR) is 66.5 cm³/mol. The van der Waals surface area contributed by atoms with Gasteiger partial charge >= 0.3 is 0 Å². The number of hydrogen-bond acceptors (Lipinski definition) is 3. The lowest BCUT2D eigenvalue weighted by Gasteiger charge is -2.10. The van der Waals surface area contributed by atoms with Crippen molar-refractivity contribution in [1.29, 1.82) is 5.26 Å². The Morgan fingerprint density at radius 3 is 2.88 bits per heavy atom. The molecule has 2 aromatic heterocycles. The summed E-state index contributed by atoms with van der Waals surface area (Å²) in [6.07, 6.45) is 2.08. The SMILES string of the molecule is Cc1nc2c(C#N)cnn2c(Cl)c1CC(C)Cl. The molecule has 2 rings (SSSR count). The van der Waals surface area contributed by atoms with Gasteiger partial charge < -0.3 is 0 Å². The Morgan fingerprint density at radius 1 is 1.59 bits per heavy atom. The molecular formula is C11H10Cl2N4. The molecule has 1 atom stereocenters. The van der Waals surface area contributed by atoms with Crippen LogP contribution in [0.1, 0.15) is 23.7 Å². The maximum absolute atomic E-state index is 8.91. The summed E-state index contributed by atoms with van der Waals surface area (Å²) in [5.74, 6) is 0. The van der Waals surface area contributed by atoms with E-state index in [-0.39, 0.29) is 5.38 Å². The average Bonchev–Trinajstić information content (AvgIpc) is 2.66. The maximum atomic E-state index is 8.91. The van der Waals surface area contributed by atoms with Crippen molar-refractivity contribution >= 4 is 28.8 Å². The zero-order valence-electron chi connectivity index (χ0n) is 9.41. The monoisotopic (exact) mass is 268 g/mol. The Labute approximate surface area is 109 Å². The van der Waals surface area contributed by atoms with Crippen LogP contribution in [0.2, 0.25) is 5.15 Å². The van der Waals surface area contributed by atoms with Crippen molar-refractivity contribution in [3.63, 3.8) is 0 Å². The van der Waals surface area contributed by atoms with Gasteiger partial charge in [-0.25, -0.2) is 9.50 Å². The van der Waals surface area contributed by atoms with Crippen LogP contribution in [-0.2, 0) is 6.42 Å². The van der Waals surface area contributed by atoms with Crippen molar-refractivity contribution in [3.8, 4) is 6.07 Å². The summed E-state index contributed by atoms with van der Waals surface area (Å²) in [7, 11) is 0. The summed E-state index contributed by atoms with van der Waals surface area (Å²) in [6, 6.07) is 2.03. The second kappa shape index (κ2) is 4.52. The fraction of sp³-hybridized carbons (Fsp3) is 0.364. The van der Waals surface area contributed by atoms with Crippen LogP contribution in [0.5, 0.6) is 0 Å². The van der Waals surface area contributed by atoms with Gasteiger partial charge in [0.15, 0.2) is 5.65 Å². The zero-order chi connectivity index (χ0) is 12.6. The Hall–Kier alpha value is -1.31. The Bertz CT molecular complexity index is 610. The van der Waals surface area contributed by atoms with Gasteiger partial charge in [0, 0.05) is 16.6 Å². The summed E-state index contributed by atoms with van der Waals surface area (Å²) < 4.78 is 1.47. The number of aryl methyl sites for hydroxylation is 1. The van der Waals surface area contributed by atoms with Gasteiger partial charge in [-0.1, -0.05) is 11.6 Å². The van der Waals surface area contributed by atoms with E-state index in [1.165, 1.54) is 10.7 Å². The third-order valence-corrected chi connectivity index (χ3v) is 3.04. The van der Waals surface area contributed by atoms with Crippen LogP contribution in [0.25, 0.3) is 5.65 Å². The largest absolute Gasteiger partial charge is 0.232 e. The number of nitrogens with zero attached hydrogens (tertiary/aromatic N) is 4. The van der Waals surface area contributed by atoms with Gasteiger partial charge in [-0.05, 0) is 20.3 Å². The van der Waals surface area contributed by atoms with Crippen LogP contribution in [0.15, 0.2) is 6.20 Å². The van der Waals surface area contributed by atoms with E-state index in [0.717, 1.165) is 11.3 Å². The Morgan fingerprint density at radius 2 is 2.29 bits per heavy atom. The molecule has 4 nitrogen and oxygen atoms in total. The van der Waals surface area contributed by atoms with E-state index in [9.17, 15) is 0 Å². The minimum absolute atomic E-state index is 0.0311. The first kappa shape index (κ1) is 12.2. The second-order valence-electron chi connectivity index (χ2n) is 3.86. The summed E-state index contributed by atoms with van der Waals surface area (Å²) in [5, 5.41) is 13.4. The third kappa shape index (κ3) is 2.08. The van der Waals surface area contributed by atoms with Crippen molar-refractivity contribution in [1.82, 2.24) is 14.6 Å². The van der Waals surface area contributed by atoms with Crippen LogP contribution in [0.3, 0.4) is 0 Å². The molecule has 0 aliphatic carbocycles. The van der Waals surface area contributed by atoms with E-state index >= 15 is 0 Å². The highest BCUT2D eigenvalue weighted by atomic mass is 35.5. The first-order valence-corrected chi connectivity index (χ1v) is 5.93. The van der Waals surface area contributed by atoms with Crippen LogP contribution in [0.4, 0.5) is 0 Å². The standard InChI is InChI=1S/C11H10Cl2N4/c1-6(12)3-9-7(2)16-11-8(4-14)5-15-17(11)10(9)13/h5-6H,3H2,1-2H3. The summed E-state index contributed by atoms with van der Waals surface area (Å²) in [4.78, 5) is 4.36. The molecule has 0 bridgehead atoms. The molecule has 2 aromatic rings. The van der Waals surface area contributed by atoms with Crippen molar-refractivity contribution in [2.45, 2.75) is 25.6 Å². The summed E-state index contributed by atoms with van der Waals surface area (Å²) >= 11 is 12.2. The molecule has 0 amide bonds. The zero-order valence-corrected chi connectivity index (χ0v) is 10.9. The third-order valence-electron chi connectivity index (χ3n) is 2.49. The number of nitriles is 1. The molecule has 0 aromatic carbocycles. The molecule has 0 N–H and O–H groups in total. The van der Waals surface area contributed by atoms with E-state index in [1.54, 1.807) is 0 Å². The van der Waals surface area contributed by atoms with Crippen LogP contribution in [0, 0.1) is 18.3 Å². The molecule has 6 heteroatoms. The summed E-state index contributed by atoms with van der Waals surface area (Å²) in [5.41, 5.74) is 2.56. The molecule has 0 spiro atoms. The number of fused-ring (bicyclic) bond motifs is 1. The van der Waals surface area contributed by atoms with Crippen molar-refractivity contribution < 1.29 is 0 Å². The second-order valence-corrected chi connectivity index (χ2v) is 4.96. The summed E-state index contributed by atoms with van der Waals surface area (Å²) in [6.45, 7) is 3.75. The minimum atomic E-state index is -0.0311. The number of rotatable bonds is 2. The van der Waals surface area contributed by atoms with Gasteiger partial charge in [-0.15, -0.1) is 11.6 Å². The molecule has 0 fully saturated rings. The first-order valence-electron chi connectivity index (χ1n) is 5.11. The van der Waals surface area contributed by atoms with E-state index in [1.807, 2.05) is 19.9 Å².